The number of benzene rings is 1. The van der Waals surface area contributed by atoms with Gasteiger partial charge in [0, 0.05) is 25.9 Å². The molecule has 1 aliphatic rings. The number of nitrogens with one attached hydrogen (secondary N) is 2. The van der Waals surface area contributed by atoms with Gasteiger partial charge in [-0.25, -0.2) is 17.6 Å². The van der Waals surface area contributed by atoms with E-state index in [2.05, 4.69) is 10.0 Å². The summed E-state index contributed by atoms with van der Waals surface area (Å²) in [7, 11) is -2.33. The van der Waals surface area contributed by atoms with Crippen molar-refractivity contribution in [3.63, 3.8) is 0 Å². The molecule has 1 aliphatic heterocycles. The van der Waals surface area contributed by atoms with E-state index in [0.29, 0.717) is 18.8 Å². The van der Waals surface area contributed by atoms with Crippen LogP contribution in [0.5, 0.6) is 0 Å². The number of ether oxygens (including phenoxy) is 1. The maximum absolute atomic E-state index is 13.7. The van der Waals surface area contributed by atoms with Crippen molar-refractivity contribution in [2.24, 2.45) is 0 Å². The van der Waals surface area contributed by atoms with Crippen molar-refractivity contribution < 1.29 is 22.3 Å². The molecule has 0 bridgehead atoms. The monoisotopic (exact) mass is 317 g/mol. The average Bonchev–Trinajstić information content (AvgIpc) is 2.85. The summed E-state index contributed by atoms with van der Waals surface area (Å²) in [6.45, 7) is 0.941. The molecule has 1 heterocycles. The Labute approximate surface area is 122 Å². The van der Waals surface area contributed by atoms with Gasteiger partial charge < -0.3 is 10.1 Å². The van der Waals surface area contributed by atoms with Gasteiger partial charge in [0.2, 0.25) is 10.0 Å². The summed E-state index contributed by atoms with van der Waals surface area (Å²) in [5.41, 5.74) is 0.235. The summed E-state index contributed by atoms with van der Waals surface area (Å²) < 4.78 is 44.1. The van der Waals surface area contributed by atoms with Gasteiger partial charge in [0.05, 0.1) is 18.0 Å². The number of halogens is 1. The standard InChI is InChI=1S/C12H16FN3O4S/c1-20-6-7-21(18,19)15-11-8-9(2-3-10(11)13)16-5-4-14-12(16)17/h2-3,8,15H,4-7H2,1H3,(H,14,17). The molecule has 2 rings (SSSR count). The maximum atomic E-state index is 13.7. The molecule has 1 aromatic rings. The second-order valence-electron chi connectivity index (χ2n) is 4.46. The number of hydrogen-bond acceptors (Lipinski definition) is 4. The van der Waals surface area contributed by atoms with Crippen LogP contribution < -0.4 is 14.9 Å². The molecule has 1 fully saturated rings. The molecule has 116 valence electrons. The fourth-order valence-electron chi connectivity index (χ4n) is 1.89. The van der Waals surface area contributed by atoms with Crippen LogP contribution >= 0.6 is 0 Å². The van der Waals surface area contributed by atoms with Crippen LogP contribution in [0.1, 0.15) is 0 Å². The fraction of sp³-hybridized carbons (Fsp3) is 0.417. The Morgan fingerprint density at radius 3 is 2.86 bits per heavy atom. The predicted molar refractivity (Wildman–Crippen MR) is 76.4 cm³/mol. The molecule has 9 heteroatoms. The van der Waals surface area contributed by atoms with Crippen molar-refractivity contribution in [3.8, 4) is 0 Å². The number of urea groups is 1. The molecule has 1 aromatic carbocycles. The summed E-state index contributed by atoms with van der Waals surface area (Å²) in [6, 6.07) is 3.54. The molecule has 1 saturated heterocycles. The molecule has 2 N–H and O–H groups in total. The van der Waals surface area contributed by atoms with E-state index in [1.807, 2.05) is 0 Å². The van der Waals surface area contributed by atoms with Crippen LogP contribution in [0.15, 0.2) is 18.2 Å². The Kier molecular flexibility index (Phi) is 4.63. The highest BCUT2D eigenvalue weighted by atomic mass is 32.2. The average molecular weight is 317 g/mol. The number of methoxy groups -OCH3 is 1. The molecule has 0 aromatic heterocycles. The van der Waals surface area contributed by atoms with E-state index in [1.165, 1.54) is 24.1 Å². The predicted octanol–water partition coefficient (Wildman–Crippen LogP) is 0.743. The third-order valence-corrected chi connectivity index (χ3v) is 4.18. The van der Waals surface area contributed by atoms with E-state index >= 15 is 0 Å². The second-order valence-corrected chi connectivity index (χ2v) is 6.30. The summed E-state index contributed by atoms with van der Waals surface area (Å²) >= 11 is 0. The van der Waals surface area contributed by atoms with Crippen molar-refractivity contribution >= 4 is 27.4 Å². The van der Waals surface area contributed by atoms with Gasteiger partial charge in [-0.15, -0.1) is 0 Å². The molecular formula is C12H16FN3O4S. The van der Waals surface area contributed by atoms with Crippen LogP contribution in [0, 0.1) is 5.82 Å². The number of rotatable bonds is 6. The van der Waals surface area contributed by atoms with Gasteiger partial charge in [0.1, 0.15) is 5.82 Å². The zero-order chi connectivity index (χ0) is 15.5. The molecule has 0 unspecified atom stereocenters. The highest BCUT2D eigenvalue weighted by Gasteiger charge is 2.22. The van der Waals surface area contributed by atoms with Crippen molar-refractivity contribution in [2.45, 2.75) is 0 Å². The van der Waals surface area contributed by atoms with Crippen LogP contribution in [0.2, 0.25) is 0 Å². The number of carbonyl (C=O) groups is 1. The van der Waals surface area contributed by atoms with E-state index in [-0.39, 0.29) is 24.1 Å². The van der Waals surface area contributed by atoms with Crippen molar-refractivity contribution in [1.82, 2.24) is 5.32 Å². The van der Waals surface area contributed by atoms with Gasteiger partial charge in [-0.3, -0.25) is 9.62 Å². The number of hydrogen-bond donors (Lipinski definition) is 2. The molecule has 2 amide bonds. The highest BCUT2D eigenvalue weighted by Crippen LogP contribution is 2.24. The van der Waals surface area contributed by atoms with E-state index in [0.717, 1.165) is 6.07 Å². The van der Waals surface area contributed by atoms with E-state index in [1.54, 1.807) is 0 Å². The summed E-state index contributed by atoms with van der Waals surface area (Å²) in [5.74, 6) is -0.989. The number of anilines is 2. The molecule has 7 nitrogen and oxygen atoms in total. The summed E-state index contributed by atoms with van der Waals surface area (Å²) in [4.78, 5) is 13.0. The van der Waals surface area contributed by atoms with Gasteiger partial charge in [0.15, 0.2) is 0 Å². The number of carbonyl (C=O) groups excluding carboxylic acids is 1. The van der Waals surface area contributed by atoms with Crippen LogP contribution in [-0.2, 0) is 14.8 Å². The zero-order valence-corrected chi connectivity index (χ0v) is 12.2. The number of sulfonamides is 1. The Morgan fingerprint density at radius 2 is 2.24 bits per heavy atom. The van der Waals surface area contributed by atoms with Gasteiger partial charge in [-0.2, -0.15) is 0 Å². The lowest BCUT2D eigenvalue weighted by atomic mass is 10.2. The first-order valence-corrected chi connectivity index (χ1v) is 7.92. The quantitative estimate of drug-likeness (QED) is 0.810. The van der Waals surface area contributed by atoms with Gasteiger partial charge in [0.25, 0.3) is 0 Å². The normalized spacial score (nSPS) is 15.1. The van der Waals surface area contributed by atoms with E-state index < -0.39 is 15.8 Å². The van der Waals surface area contributed by atoms with Crippen LogP contribution in [0.25, 0.3) is 0 Å². The van der Waals surface area contributed by atoms with Crippen LogP contribution in [0.3, 0.4) is 0 Å². The minimum absolute atomic E-state index is 0.00513. The topological polar surface area (TPSA) is 87.7 Å². The molecule has 0 saturated carbocycles. The lowest BCUT2D eigenvalue weighted by Crippen LogP contribution is -2.28. The maximum Gasteiger partial charge on any atom is 0.321 e. The Hall–Kier alpha value is -1.87. The lowest BCUT2D eigenvalue weighted by Gasteiger charge is -2.16. The Bertz CT molecular complexity index is 635. The molecule has 0 aliphatic carbocycles. The number of nitrogens with zero attached hydrogens (tertiary/aromatic N) is 1. The Balaban J connectivity index is 2.21. The molecular weight excluding hydrogens is 301 g/mol. The number of amides is 2. The van der Waals surface area contributed by atoms with Crippen LogP contribution in [-0.4, -0.2) is 47.0 Å². The SMILES string of the molecule is COCCS(=O)(=O)Nc1cc(N2CCNC2=O)ccc1F. The minimum Gasteiger partial charge on any atom is -0.384 e. The largest absolute Gasteiger partial charge is 0.384 e. The minimum atomic E-state index is -3.71. The summed E-state index contributed by atoms with van der Waals surface area (Å²) in [6.07, 6.45) is 0. The van der Waals surface area contributed by atoms with E-state index in [4.69, 9.17) is 4.74 Å². The third-order valence-electron chi connectivity index (χ3n) is 2.94. The second kappa shape index (κ2) is 6.27. The first-order valence-electron chi connectivity index (χ1n) is 6.27. The molecule has 0 radical (unpaired) electrons. The zero-order valence-electron chi connectivity index (χ0n) is 11.4. The lowest BCUT2D eigenvalue weighted by molar-refractivity contribution is 0.217. The first-order chi connectivity index (χ1) is 9.93. The molecule has 0 spiro atoms. The molecule has 21 heavy (non-hydrogen) atoms. The third kappa shape index (κ3) is 3.82. The van der Waals surface area contributed by atoms with Gasteiger partial charge in [-0.05, 0) is 18.2 Å². The van der Waals surface area contributed by atoms with Gasteiger partial charge >= 0.3 is 6.03 Å². The van der Waals surface area contributed by atoms with E-state index in [9.17, 15) is 17.6 Å². The van der Waals surface area contributed by atoms with Crippen molar-refractivity contribution in [3.05, 3.63) is 24.0 Å². The van der Waals surface area contributed by atoms with Crippen LogP contribution in [0.4, 0.5) is 20.6 Å². The molecule has 0 atom stereocenters. The Morgan fingerprint density at radius 1 is 1.48 bits per heavy atom. The highest BCUT2D eigenvalue weighted by molar-refractivity contribution is 7.92. The fourth-order valence-corrected chi connectivity index (χ4v) is 2.87. The smallest absolute Gasteiger partial charge is 0.321 e. The van der Waals surface area contributed by atoms with Crippen molar-refractivity contribution in [2.75, 3.05) is 42.2 Å². The summed E-state index contributed by atoms with van der Waals surface area (Å²) in [5, 5.41) is 2.62. The first kappa shape index (κ1) is 15.5. The van der Waals surface area contributed by atoms with Crippen molar-refractivity contribution in [1.29, 1.82) is 0 Å². The van der Waals surface area contributed by atoms with Gasteiger partial charge in [-0.1, -0.05) is 0 Å².